The third-order valence-corrected chi connectivity index (χ3v) is 6.19. The van der Waals surface area contributed by atoms with Gasteiger partial charge < -0.3 is 5.32 Å². The number of nitrogens with one attached hydrogen (secondary N) is 1. The van der Waals surface area contributed by atoms with Crippen LogP contribution >= 0.6 is 15.9 Å². The Morgan fingerprint density at radius 1 is 0.900 bits per heavy atom. The molecule has 154 valence electrons. The lowest BCUT2D eigenvalue weighted by Crippen LogP contribution is -2.32. The Balaban J connectivity index is 1.18. The zero-order valence-corrected chi connectivity index (χ0v) is 18.7. The van der Waals surface area contributed by atoms with Crippen LogP contribution in [0.15, 0.2) is 77.3 Å². The molecule has 0 fully saturated rings. The van der Waals surface area contributed by atoms with Crippen LogP contribution in [0.4, 0.5) is 0 Å². The summed E-state index contributed by atoms with van der Waals surface area (Å²) < 4.78 is 1.16. The minimum atomic E-state index is 0.00589. The Hall–Kier alpha value is -2.43. The number of benzene rings is 3. The summed E-state index contributed by atoms with van der Waals surface area (Å²) in [6, 6.07) is 24.7. The molecule has 0 saturated heterocycles. The molecule has 1 heterocycles. The number of hydrogen-bond donors (Lipinski definition) is 1. The fourth-order valence-corrected chi connectivity index (χ4v) is 4.39. The van der Waals surface area contributed by atoms with Crippen LogP contribution in [0.5, 0.6) is 0 Å². The van der Waals surface area contributed by atoms with Gasteiger partial charge in [-0.05, 0) is 72.3 Å². The van der Waals surface area contributed by atoms with Crippen molar-refractivity contribution >= 4 is 21.8 Å². The summed E-state index contributed by atoms with van der Waals surface area (Å²) in [7, 11) is 0. The first-order valence-electron chi connectivity index (χ1n) is 10.6. The summed E-state index contributed by atoms with van der Waals surface area (Å²) in [4.78, 5) is 14.9. The van der Waals surface area contributed by atoms with Crippen molar-refractivity contribution in [3.8, 4) is 11.1 Å². The number of rotatable bonds is 7. The monoisotopic (exact) mass is 462 g/mol. The van der Waals surface area contributed by atoms with E-state index in [9.17, 15) is 4.79 Å². The van der Waals surface area contributed by atoms with Crippen molar-refractivity contribution in [2.24, 2.45) is 0 Å². The third-order valence-electron chi connectivity index (χ3n) is 5.70. The molecule has 0 atom stereocenters. The molecule has 4 rings (SSSR count). The first kappa shape index (κ1) is 20.8. The fraction of sp³-hybridized carbons (Fsp3) is 0.269. The van der Waals surface area contributed by atoms with Gasteiger partial charge in [0.2, 0.25) is 0 Å². The quantitative estimate of drug-likeness (QED) is 0.457. The molecule has 0 saturated carbocycles. The summed E-state index contributed by atoms with van der Waals surface area (Å²) in [5.41, 5.74) is 5.91. The van der Waals surface area contributed by atoms with E-state index in [1.807, 2.05) is 42.5 Å². The Morgan fingerprint density at radius 2 is 1.67 bits per heavy atom. The SMILES string of the molecule is O=C(NCCCCN1CCc2ccc(Br)cc2C1)c1ccc(-c2ccccc2)cc1. The number of halogens is 1. The maximum absolute atomic E-state index is 12.4. The molecule has 0 radical (unpaired) electrons. The van der Waals surface area contributed by atoms with Crippen LogP contribution in [-0.2, 0) is 13.0 Å². The van der Waals surface area contributed by atoms with E-state index in [1.165, 1.54) is 11.1 Å². The summed E-state index contributed by atoms with van der Waals surface area (Å²) in [6.07, 6.45) is 3.21. The van der Waals surface area contributed by atoms with Crippen molar-refractivity contribution in [2.45, 2.75) is 25.8 Å². The average Bonchev–Trinajstić information content (AvgIpc) is 2.79. The van der Waals surface area contributed by atoms with Gasteiger partial charge >= 0.3 is 0 Å². The number of amides is 1. The van der Waals surface area contributed by atoms with Crippen molar-refractivity contribution < 1.29 is 4.79 Å². The van der Waals surface area contributed by atoms with Crippen molar-refractivity contribution in [1.29, 1.82) is 0 Å². The molecular formula is C26H27BrN2O. The molecule has 0 aromatic heterocycles. The topological polar surface area (TPSA) is 32.3 Å². The normalized spacial score (nSPS) is 13.6. The Bertz CT molecular complexity index is 986. The van der Waals surface area contributed by atoms with Gasteiger partial charge in [0, 0.05) is 29.7 Å². The van der Waals surface area contributed by atoms with Gasteiger partial charge in [-0.1, -0.05) is 64.5 Å². The number of hydrogen-bond acceptors (Lipinski definition) is 2. The van der Waals surface area contributed by atoms with Crippen LogP contribution in [0.3, 0.4) is 0 Å². The Morgan fingerprint density at radius 3 is 2.47 bits per heavy atom. The van der Waals surface area contributed by atoms with Crippen LogP contribution < -0.4 is 5.32 Å². The van der Waals surface area contributed by atoms with Crippen LogP contribution in [0.1, 0.15) is 34.3 Å². The van der Waals surface area contributed by atoms with Crippen molar-refractivity contribution in [3.05, 3.63) is 94.0 Å². The zero-order chi connectivity index (χ0) is 20.8. The molecule has 1 aliphatic rings. The molecule has 0 bridgehead atoms. The van der Waals surface area contributed by atoms with E-state index in [2.05, 4.69) is 56.5 Å². The van der Waals surface area contributed by atoms with E-state index in [1.54, 1.807) is 0 Å². The van der Waals surface area contributed by atoms with Gasteiger partial charge in [-0.25, -0.2) is 0 Å². The molecule has 3 aromatic carbocycles. The van der Waals surface area contributed by atoms with Gasteiger partial charge in [0.25, 0.3) is 5.91 Å². The summed E-state index contributed by atoms with van der Waals surface area (Å²) in [6.45, 7) is 3.94. The van der Waals surface area contributed by atoms with Gasteiger partial charge in [-0.3, -0.25) is 9.69 Å². The summed E-state index contributed by atoms with van der Waals surface area (Å²) in [5.74, 6) is 0.00589. The molecule has 30 heavy (non-hydrogen) atoms. The van der Waals surface area contributed by atoms with Crippen molar-refractivity contribution in [3.63, 3.8) is 0 Å². The maximum atomic E-state index is 12.4. The second-order valence-corrected chi connectivity index (χ2v) is 8.76. The predicted molar refractivity (Wildman–Crippen MR) is 127 cm³/mol. The van der Waals surface area contributed by atoms with Gasteiger partial charge in [0.1, 0.15) is 0 Å². The minimum absolute atomic E-state index is 0.00589. The lowest BCUT2D eigenvalue weighted by Gasteiger charge is -2.28. The van der Waals surface area contributed by atoms with Gasteiger partial charge in [-0.2, -0.15) is 0 Å². The Labute approximate surface area is 187 Å². The van der Waals surface area contributed by atoms with Crippen LogP contribution in [0, 0.1) is 0 Å². The predicted octanol–water partition coefficient (Wildman–Crippen LogP) is 5.68. The molecule has 0 aliphatic carbocycles. The highest BCUT2D eigenvalue weighted by molar-refractivity contribution is 9.10. The highest BCUT2D eigenvalue weighted by Crippen LogP contribution is 2.23. The molecule has 3 nitrogen and oxygen atoms in total. The molecule has 1 amide bonds. The summed E-state index contributed by atoms with van der Waals surface area (Å²) in [5, 5.41) is 3.06. The molecule has 3 aromatic rings. The average molecular weight is 463 g/mol. The van der Waals surface area contributed by atoms with Crippen molar-refractivity contribution in [1.82, 2.24) is 10.2 Å². The molecule has 1 aliphatic heterocycles. The Kier molecular flexibility index (Phi) is 6.98. The number of fused-ring (bicyclic) bond motifs is 1. The van der Waals surface area contributed by atoms with Gasteiger partial charge in [0.15, 0.2) is 0 Å². The van der Waals surface area contributed by atoms with Crippen LogP contribution in [0.25, 0.3) is 11.1 Å². The first-order chi connectivity index (χ1) is 14.7. The van der Waals surface area contributed by atoms with E-state index in [0.717, 1.165) is 61.0 Å². The molecular weight excluding hydrogens is 436 g/mol. The fourth-order valence-electron chi connectivity index (χ4n) is 3.98. The van der Waals surface area contributed by atoms with Crippen molar-refractivity contribution in [2.75, 3.05) is 19.6 Å². The summed E-state index contributed by atoms with van der Waals surface area (Å²) >= 11 is 3.57. The van der Waals surface area contributed by atoms with Gasteiger partial charge in [0.05, 0.1) is 0 Å². The number of nitrogens with zero attached hydrogens (tertiary/aromatic N) is 1. The number of unbranched alkanes of at least 4 members (excludes halogenated alkanes) is 1. The molecule has 0 unspecified atom stereocenters. The molecule has 4 heteroatoms. The van der Waals surface area contributed by atoms with Crippen LogP contribution in [-0.4, -0.2) is 30.4 Å². The zero-order valence-electron chi connectivity index (χ0n) is 17.1. The number of carbonyl (C=O) groups is 1. The van der Waals surface area contributed by atoms with E-state index >= 15 is 0 Å². The minimum Gasteiger partial charge on any atom is -0.352 e. The second kappa shape index (κ2) is 10.1. The van der Waals surface area contributed by atoms with Crippen LogP contribution in [0.2, 0.25) is 0 Å². The van der Waals surface area contributed by atoms with E-state index in [-0.39, 0.29) is 5.91 Å². The lowest BCUT2D eigenvalue weighted by atomic mass is 10.00. The van der Waals surface area contributed by atoms with E-state index in [4.69, 9.17) is 0 Å². The highest BCUT2D eigenvalue weighted by Gasteiger charge is 2.15. The highest BCUT2D eigenvalue weighted by atomic mass is 79.9. The third kappa shape index (κ3) is 5.38. The second-order valence-electron chi connectivity index (χ2n) is 7.85. The van der Waals surface area contributed by atoms with Gasteiger partial charge in [-0.15, -0.1) is 0 Å². The largest absolute Gasteiger partial charge is 0.352 e. The standard InChI is InChI=1S/C26H27BrN2O/c27-25-13-12-22-14-17-29(19-24(22)18-25)16-5-4-15-28-26(30)23-10-8-21(9-11-23)20-6-2-1-3-7-20/h1-3,6-13,18H,4-5,14-17,19H2,(H,28,30). The molecule has 0 spiro atoms. The smallest absolute Gasteiger partial charge is 0.251 e. The number of carbonyl (C=O) groups excluding carboxylic acids is 1. The van der Waals surface area contributed by atoms with E-state index < -0.39 is 0 Å². The molecule has 1 N–H and O–H groups in total. The first-order valence-corrected chi connectivity index (χ1v) is 11.4. The maximum Gasteiger partial charge on any atom is 0.251 e. The van der Waals surface area contributed by atoms with E-state index in [0.29, 0.717) is 5.56 Å². The lowest BCUT2D eigenvalue weighted by molar-refractivity contribution is 0.0952.